The Balaban J connectivity index is 1.41. The van der Waals surface area contributed by atoms with E-state index >= 15 is 0 Å². The molecule has 0 unspecified atom stereocenters. The van der Waals surface area contributed by atoms with E-state index in [2.05, 4.69) is 15.3 Å². The smallest absolute Gasteiger partial charge is 0.255 e. The summed E-state index contributed by atoms with van der Waals surface area (Å²) in [6, 6.07) is 22.9. The number of hydrogen-bond acceptors (Lipinski definition) is 4. The molecule has 0 aliphatic carbocycles. The number of carbonyl (C=O) groups is 1. The van der Waals surface area contributed by atoms with Gasteiger partial charge in [0, 0.05) is 12.1 Å². The van der Waals surface area contributed by atoms with Gasteiger partial charge in [0.25, 0.3) is 5.91 Å². The Morgan fingerprint density at radius 2 is 1.61 bits per heavy atom. The van der Waals surface area contributed by atoms with Crippen molar-refractivity contribution in [2.24, 2.45) is 0 Å². The number of hydrogen-bond donors (Lipinski definition) is 2. The van der Waals surface area contributed by atoms with Crippen molar-refractivity contribution in [3.05, 3.63) is 90.1 Å². The van der Waals surface area contributed by atoms with Gasteiger partial charge in [-0.25, -0.2) is 4.98 Å². The van der Waals surface area contributed by atoms with E-state index < -0.39 is 0 Å². The van der Waals surface area contributed by atoms with Gasteiger partial charge in [-0.15, -0.1) is 0 Å². The third-order valence-corrected chi connectivity index (χ3v) is 5.01. The highest BCUT2D eigenvalue weighted by Gasteiger charge is 2.11. The van der Waals surface area contributed by atoms with E-state index in [4.69, 9.17) is 9.47 Å². The normalized spacial score (nSPS) is 10.5. The molecule has 0 radical (unpaired) electrons. The molecule has 0 atom stereocenters. The van der Waals surface area contributed by atoms with Gasteiger partial charge in [-0.1, -0.05) is 36.4 Å². The van der Waals surface area contributed by atoms with Gasteiger partial charge in [0.1, 0.15) is 17.3 Å². The topological polar surface area (TPSA) is 76.2 Å². The highest BCUT2D eigenvalue weighted by atomic mass is 16.5. The van der Waals surface area contributed by atoms with E-state index in [-0.39, 0.29) is 5.91 Å². The summed E-state index contributed by atoms with van der Waals surface area (Å²) in [5.74, 6) is 1.99. The summed E-state index contributed by atoms with van der Waals surface area (Å²) in [5.41, 5.74) is 4.46. The van der Waals surface area contributed by atoms with Gasteiger partial charge < -0.3 is 19.8 Å². The molecule has 0 saturated heterocycles. The number of imidazole rings is 1. The number of H-pyrrole nitrogens is 1. The minimum Gasteiger partial charge on any atom is -0.497 e. The Morgan fingerprint density at radius 1 is 0.903 bits per heavy atom. The first-order valence-corrected chi connectivity index (χ1v) is 9.88. The lowest BCUT2D eigenvalue weighted by Gasteiger charge is -2.09. The summed E-state index contributed by atoms with van der Waals surface area (Å²) < 4.78 is 10.5. The molecule has 0 spiro atoms. The molecule has 31 heavy (non-hydrogen) atoms. The lowest BCUT2D eigenvalue weighted by atomic mass is 10.1. The maximum Gasteiger partial charge on any atom is 0.255 e. The zero-order valence-corrected chi connectivity index (χ0v) is 17.4. The molecule has 0 saturated carbocycles. The molecule has 3 aromatic carbocycles. The van der Waals surface area contributed by atoms with Crippen LogP contribution in [0.1, 0.15) is 15.9 Å². The Kier molecular flexibility index (Phi) is 5.98. The quantitative estimate of drug-likeness (QED) is 0.461. The Hall–Kier alpha value is -4.06. The third-order valence-electron chi connectivity index (χ3n) is 5.01. The Labute approximate surface area is 180 Å². The van der Waals surface area contributed by atoms with Gasteiger partial charge in [0.2, 0.25) is 0 Å². The second-order valence-electron chi connectivity index (χ2n) is 6.95. The first kappa shape index (κ1) is 20.2. The fourth-order valence-electron chi connectivity index (χ4n) is 3.28. The molecule has 2 N–H and O–H groups in total. The van der Waals surface area contributed by atoms with E-state index in [0.29, 0.717) is 17.9 Å². The van der Waals surface area contributed by atoms with Crippen LogP contribution >= 0.6 is 0 Å². The van der Waals surface area contributed by atoms with Crippen LogP contribution in [-0.4, -0.2) is 30.1 Å². The number of benzene rings is 3. The van der Waals surface area contributed by atoms with Crippen LogP contribution in [0, 0.1) is 0 Å². The Morgan fingerprint density at radius 3 is 2.32 bits per heavy atom. The lowest BCUT2D eigenvalue weighted by molar-refractivity contribution is 0.0948. The summed E-state index contributed by atoms with van der Waals surface area (Å²) in [5, 5.41) is 2.93. The average Bonchev–Trinajstić information content (AvgIpc) is 3.33. The second kappa shape index (κ2) is 9.17. The molecule has 6 heteroatoms. The van der Waals surface area contributed by atoms with E-state index in [1.54, 1.807) is 26.4 Å². The molecule has 4 aromatic rings. The molecule has 0 fully saturated rings. The molecule has 0 aliphatic rings. The van der Waals surface area contributed by atoms with Crippen LogP contribution in [0.25, 0.3) is 22.6 Å². The van der Waals surface area contributed by atoms with Crippen molar-refractivity contribution in [3.8, 4) is 34.1 Å². The number of carbonyl (C=O) groups excluding carboxylic acids is 1. The van der Waals surface area contributed by atoms with Gasteiger partial charge in [-0.2, -0.15) is 0 Å². The van der Waals surface area contributed by atoms with Gasteiger partial charge in [-0.3, -0.25) is 4.79 Å². The minimum absolute atomic E-state index is 0.170. The van der Waals surface area contributed by atoms with Crippen molar-refractivity contribution in [1.29, 1.82) is 0 Å². The summed E-state index contributed by atoms with van der Waals surface area (Å²) in [4.78, 5) is 20.3. The van der Waals surface area contributed by atoms with Crippen LogP contribution in [0.5, 0.6) is 11.5 Å². The molecule has 156 valence electrons. The van der Waals surface area contributed by atoms with Gasteiger partial charge in [-0.05, 0) is 47.5 Å². The number of nitrogens with one attached hydrogen (secondary N) is 2. The third kappa shape index (κ3) is 4.59. The largest absolute Gasteiger partial charge is 0.497 e. The van der Waals surface area contributed by atoms with Crippen LogP contribution in [-0.2, 0) is 6.54 Å². The van der Waals surface area contributed by atoms with Crippen LogP contribution in [0.2, 0.25) is 0 Å². The number of amides is 1. The van der Waals surface area contributed by atoms with E-state index in [9.17, 15) is 4.79 Å². The SMILES string of the molecule is COc1ccc(-c2cnc(-c3ccc(CNC(=O)c4ccccc4OC)cc3)[nH]2)cc1. The Bertz CT molecular complexity index is 1170. The second-order valence-corrected chi connectivity index (χ2v) is 6.95. The fourth-order valence-corrected chi connectivity index (χ4v) is 3.28. The van der Waals surface area contributed by atoms with Crippen LogP contribution in [0.3, 0.4) is 0 Å². The molecule has 1 amide bonds. The molecule has 0 aliphatic heterocycles. The number of para-hydroxylation sites is 1. The number of rotatable bonds is 7. The zero-order valence-electron chi connectivity index (χ0n) is 17.4. The standard InChI is InChI=1S/C25H23N3O3/c1-30-20-13-11-18(12-14-20)22-16-26-24(28-22)19-9-7-17(8-10-19)15-27-25(29)21-5-3-4-6-23(21)31-2/h3-14,16H,15H2,1-2H3,(H,26,28)(H,27,29). The maximum atomic E-state index is 12.4. The van der Waals surface area contributed by atoms with Crippen LogP contribution in [0.4, 0.5) is 0 Å². The van der Waals surface area contributed by atoms with Gasteiger partial charge >= 0.3 is 0 Å². The molecule has 1 heterocycles. The van der Waals surface area contributed by atoms with Gasteiger partial charge in [0.15, 0.2) is 0 Å². The predicted molar refractivity (Wildman–Crippen MR) is 120 cm³/mol. The maximum absolute atomic E-state index is 12.4. The van der Waals surface area contributed by atoms with Crippen molar-refractivity contribution in [2.75, 3.05) is 14.2 Å². The van der Waals surface area contributed by atoms with Crippen molar-refractivity contribution in [1.82, 2.24) is 15.3 Å². The van der Waals surface area contributed by atoms with Gasteiger partial charge in [0.05, 0.1) is 31.7 Å². The predicted octanol–water partition coefficient (Wildman–Crippen LogP) is 4.69. The summed E-state index contributed by atoms with van der Waals surface area (Å²) >= 11 is 0. The number of ether oxygens (including phenoxy) is 2. The molecule has 1 aromatic heterocycles. The molecule has 4 rings (SSSR count). The van der Waals surface area contributed by atoms with Crippen molar-refractivity contribution in [3.63, 3.8) is 0 Å². The highest BCUT2D eigenvalue weighted by molar-refractivity contribution is 5.96. The molecular weight excluding hydrogens is 390 g/mol. The minimum atomic E-state index is -0.170. The van der Waals surface area contributed by atoms with Crippen LogP contribution in [0.15, 0.2) is 79.0 Å². The molecular formula is C25H23N3O3. The van der Waals surface area contributed by atoms with Crippen molar-refractivity contribution >= 4 is 5.91 Å². The number of aromatic nitrogens is 2. The number of aromatic amines is 1. The number of methoxy groups -OCH3 is 2. The fraction of sp³-hybridized carbons (Fsp3) is 0.120. The van der Waals surface area contributed by atoms with Crippen molar-refractivity contribution < 1.29 is 14.3 Å². The molecule has 6 nitrogen and oxygen atoms in total. The van der Waals surface area contributed by atoms with E-state index in [0.717, 1.165) is 34.0 Å². The zero-order chi connectivity index (χ0) is 21.6. The summed E-state index contributed by atoms with van der Waals surface area (Å²) in [6.45, 7) is 0.423. The highest BCUT2D eigenvalue weighted by Crippen LogP contribution is 2.24. The van der Waals surface area contributed by atoms with E-state index in [1.165, 1.54) is 0 Å². The number of nitrogens with zero attached hydrogens (tertiary/aromatic N) is 1. The lowest BCUT2D eigenvalue weighted by Crippen LogP contribution is -2.23. The summed E-state index contributed by atoms with van der Waals surface area (Å²) in [7, 11) is 3.20. The van der Waals surface area contributed by atoms with E-state index in [1.807, 2.05) is 66.9 Å². The molecule has 0 bridgehead atoms. The first-order valence-electron chi connectivity index (χ1n) is 9.88. The van der Waals surface area contributed by atoms with Crippen molar-refractivity contribution in [2.45, 2.75) is 6.54 Å². The average molecular weight is 413 g/mol. The monoisotopic (exact) mass is 413 g/mol. The summed E-state index contributed by atoms with van der Waals surface area (Å²) in [6.07, 6.45) is 1.82. The van der Waals surface area contributed by atoms with Crippen LogP contribution < -0.4 is 14.8 Å². The first-order chi connectivity index (χ1) is 15.2.